The van der Waals surface area contributed by atoms with Crippen molar-refractivity contribution in [3.63, 3.8) is 0 Å². The van der Waals surface area contributed by atoms with E-state index in [1.807, 2.05) is 0 Å². The number of carbonyl (C=O) groups is 1. The molecule has 156 valence electrons. The molecular weight excluding hydrogens is 318 g/mol. The van der Waals surface area contributed by atoms with Crippen LogP contribution in [0.2, 0.25) is 0 Å². The van der Waals surface area contributed by atoms with Crippen molar-refractivity contribution in [2.75, 3.05) is 0 Å². The van der Waals surface area contributed by atoms with Gasteiger partial charge in [-0.3, -0.25) is 4.79 Å². The molecule has 2 nitrogen and oxygen atoms in total. The Balaban J connectivity index is 3.92. The molecule has 0 saturated heterocycles. The van der Waals surface area contributed by atoms with Crippen LogP contribution in [-0.2, 0) is 4.79 Å². The Morgan fingerprint density at radius 3 is 1.15 bits per heavy atom. The van der Waals surface area contributed by atoms with Gasteiger partial charge in [-0.1, -0.05) is 124 Å². The average molecular weight is 368 g/mol. The van der Waals surface area contributed by atoms with E-state index < -0.39 is 0 Å². The Morgan fingerprint density at radius 2 is 0.885 bits per heavy atom. The van der Waals surface area contributed by atoms with Gasteiger partial charge in [0.05, 0.1) is 0 Å². The Morgan fingerprint density at radius 1 is 0.577 bits per heavy atom. The molecule has 0 aliphatic rings. The van der Waals surface area contributed by atoms with Crippen molar-refractivity contribution in [2.24, 2.45) is 11.1 Å². The van der Waals surface area contributed by atoms with Crippen LogP contribution in [0.3, 0.4) is 0 Å². The second kappa shape index (κ2) is 17.9. The van der Waals surface area contributed by atoms with Crippen LogP contribution >= 0.6 is 0 Å². The molecule has 0 aromatic rings. The van der Waals surface area contributed by atoms with E-state index in [-0.39, 0.29) is 11.3 Å². The smallest absolute Gasteiger partial charge is 0.223 e. The maximum atomic E-state index is 12.2. The fraction of sp³-hybridized carbons (Fsp3) is 0.958. The first-order chi connectivity index (χ1) is 12.6. The van der Waals surface area contributed by atoms with Crippen LogP contribution in [0.4, 0.5) is 0 Å². The van der Waals surface area contributed by atoms with Crippen molar-refractivity contribution < 1.29 is 4.79 Å². The van der Waals surface area contributed by atoms with E-state index in [0.29, 0.717) is 0 Å². The van der Waals surface area contributed by atoms with Gasteiger partial charge in [0.2, 0.25) is 5.91 Å². The molecule has 0 fully saturated rings. The van der Waals surface area contributed by atoms with Gasteiger partial charge in [0.15, 0.2) is 0 Å². The van der Waals surface area contributed by atoms with Crippen LogP contribution in [0.5, 0.6) is 0 Å². The number of carbonyl (C=O) groups excluding carboxylic acids is 1. The molecule has 0 rings (SSSR count). The topological polar surface area (TPSA) is 43.1 Å². The Kier molecular flexibility index (Phi) is 17.5. The number of hydrogen-bond donors (Lipinski definition) is 1. The third kappa shape index (κ3) is 12.8. The number of rotatable bonds is 20. The maximum absolute atomic E-state index is 12.2. The highest BCUT2D eigenvalue weighted by Crippen LogP contribution is 2.35. The third-order valence-electron chi connectivity index (χ3n) is 6.22. The Bertz CT molecular complexity index is 293. The minimum absolute atomic E-state index is 0.0501. The van der Waals surface area contributed by atoms with Crippen LogP contribution in [0, 0.1) is 5.41 Å². The van der Waals surface area contributed by atoms with Gasteiger partial charge in [0, 0.05) is 5.41 Å². The quantitative estimate of drug-likeness (QED) is 0.218. The lowest BCUT2D eigenvalue weighted by Gasteiger charge is -2.29. The van der Waals surface area contributed by atoms with E-state index in [4.69, 9.17) is 5.73 Å². The van der Waals surface area contributed by atoms with Gasteiger partial charge >= 0.3 is 0 Å². The molecule has 0 aliphatic carbocycles. The van der Waals surface area contributed by atoms with Gasteiger partial charge in [-0.25, -0.2) is 0 Å². The lowest BCUT2D eigenvalue weighted by atomic mass is 9.75. The summed E-state index contributed by atoms with van der Waals surface area (Å²) in [6, 6.07) is 0. The normalized spacial score (nSPS) is 11.8. The zero-order valence-corrected chi connectivity index (χ0v) is 18.4. The summed E-state index contributed by atoms with van der Waals surface area (Å²) in [4.78, 5) is 12.2. The molecule has 0 heterocycles. The predicted molar refractivity (Wildman–Crippen MR) is 116 cm³/mol. The number of hydrogen-bond acceptors (Lipinski definition) is 1. The minimum atomic E-state index is -0.232. The standard InChI is InChI=1S/C24H49NO/c1-4-7-9-11-13-15-17-19-21-24(6-3,23(25)26)22-20-18-16-14-12-10-8-5-2/h4-22H2,1-3H3,(H2,25,26). The van der Waals surface area contributed by atoms with Gasteiger partial charge in [0.1, 0.15) is 0 Å². The molecule has 2 heteroatoms. The monoisotopic (exact) mass is 367 g/mol. The predicted octanol–water partition coefficient (Wildman–Crippen LogP) is 7.93. The lowest BCUT2D eigenvalue weighted by Crippen LogP contribution is -2.36. The fourth-order valence-corrected chi connectivity index (χ4v) is 4.09. The summed E-state index contributed by atoms with van der Waals surface area (Å²) in [7, 11) is 0. The second-order valence-corrected chi connectivity index (χ2v) is 8.45. The van der Waals surface area contributed by atoms with E-state index in [1.54, 1.807) is 0 Å². The van der Waals surface area contributed by atoms with Crippen LogP contribution in [0.15, 0.2) is 0 Å². The molecule has 0 spiro atoms. The first-order valence-electron chi connectivity index (χ1n) is 11.9. The van der Waals surface area contributed by atoms with Crippen molar-refractivity contribution in [1.29, 1.82) is 0 Å². The van der Waals surface area contributed by atoms with Crippen LogP contribution in [0.25, 0.3) is 0 Å². The first-order valence-corrected chi connectivity index (χ1v) is 11.9. The highest BCUT2D eigenvalue weighted by atomic mass is 16.1. The molecule has 26 heavy (non-hydrogen) atoms. The van der Waals surface area contributed by atoms with Crippen molar-refractivity contribution in [2.45, 2.75) is 143 Å². The number of nitrogens with two attached hydrogens (primary N) is 1. The fourth-order valence-electron chi connectivity index (χ4n) is 4.09. The van der Waals surface area contributed by atoms with Crippen molar-refractivity contribution >= 4 is 5.91 Å². The molecule has 1 amide bonds. The number of primary amides is 1. The Hall–Kier alpha value is -0.530. The molecule has 0 radical (unpaired) electrons. The summed E-state index contributed by atoms with van der Waals surface area (Å²) < 4.78 is 0. The van der Waals surface area contributed by atoms with E-state index in [9.17, 15) is 4.79 Å². The molecule has 0 aromatic carbocycles. The first kappa shape index (κ1) is 25.5. The molecule has 0 saturated carbocycles. The second-order valence-electron chi connectivity index (χ2n) is 8.45. The lowest BCUT2D eigenvalue weighted by molar-refractivity contribution is -0.129. The van der Waals surface area contributed by atoms with Gasteiger partial charge in [-0.05, 0) is 19.3 Å². The molecule has 0 aliphatic heterocycles. The number of unbranched alkanes of at least 4 members (excludes halogenated alkanes) is 14. The molecule has 2 N–H and O–H groups in total. The van der Waals surface area contributed by atoms with Gasteiger partial charge in [-0.15, -0.1) is 0 Å². The van der Waals surface area contributed by atoms with Gasteiger partial charge in [0.25, 0.3) is 0 Å². The average Bonchev–Trinajstić information content (AvgIpc) is 2.64. The van der Waals surface area contributed by atoms with Crippen molar-refractivity contribution in [1.82, 2.24) is 0 Å². The van der Waals surface area contributed by atoms with Crippen LogP contribution in [-0.4, -0.2) is 5.91 Å². The Labute approximate surface area is 165 Å². The zero-order chi connectivity index (χ0) is 19.5. The summed E-state index contributed by atoms with van der Waals surface area (Å²) in [5, 5.41) is 0. The van der Waals surface area contributed by atoms with Crippen molar-refractivity contribution in [3.05, 3.63) is 0 Å². The summed E-state index contributed by atoms with van der Waals surface area (Å²) in [6.07, 6.45) is 24.0. The molecule has 0 unspecified atom stereocenters. The van der Waals surface area contributed by atoms with E-state index in [1.165, 1.54) is 103 Å². The van der Waals surface area contributed by atoms with E-state index in [0.717, 1.165) is 19.3 Å². The molecular formula is C24H49NO. The van der Waals surface area contributed by atoms with E-state index in [2.05, 4.69) is 20.8 Å². The third-order valence-corrected chi connectivity index (χ3v) is 6.22. The zero-order valence-electron chi connectivity index (χ0n) is 18.4. The molecule has 0 bridgehead atoms. The molecule has 0 aromatic heterocycles. The van der Waals surface area contributed by atoms with Gasteiger partial charge in [-0.2, -0.15) is 0 Å². The summed E-state index contributed by atoms with van der Waals surface area (Å²) in [5.41, 5.74) is 5.60. The van der Waals surface area contributed by atoms with Crippen LogP contribution in [0.1, 0.15) is 143 Å². The summed E-state index contributed by atoms with van der Waals surface area (Å²) in [6.45, 7) is 6.68. The van der Waals surface area contributed by atoms with Gasteiger partial charge < -0.3 is 5.73 Å². The van der Waals surface area contributed by atoms with Crippen LogP contribution < -0.4 is 5.73 Å². The summed E-state index contributed by atoms with van der Waals surface area (Å²) >= 11 is 0. The maximum Gasteiger partial charge on any atom is 0.223 e. The number of amides is 1. The van der Waals surface area contributed by atoms with Crippen molar-refractivity contribution in [3.8, 4) is 0 Å². The SMILES string of the molecule is CCCCCCCCCCC(CC)(CCCCCCCCCC)C(N)=O. The highest BCUT2D eigenvalue weighted by Gasteiger charge is 2.33. The minimum Gasteiger partial charge on any atom is -0.369 e. The largest absolute Gasteiger partial charge is 0.369 e. The highest BCUT2D eigenvalue weighted by molar-refractivity contribution is 5.80. The van der Waals surface area contributed by atoms with E-state index >= 15 is 0 Å². The molecule has 0 atom stereocenters. The summed E-state index contributed by atoms with van der Waals surface area (Å²) in [5.74, 6) is -0.0501.